The van der Waals surface area contributed by atoms with E-state index in [1.165, 1.54) is 18.7 Å². The first-order valence-corrected chi connectivity index (χ1v) is 9.83. The van der Waals surface area contributed by atoms with Crippen molar-refractivity contribution in [1.82, 2.24) is 9.55 Å². The number of methoxy groups -OCH3 is 2. The number of Topliss-reactive ketones (excluding diaryl/α,β-unsaturated/α-hetero) is 1. The topological polar surface area (TPSA) is 70.4 Å². The molecule has 28 heavy (non-hydrogen) atoms. The number of rotatable bonds is 8. The molecule has 0 spiro atoms. The molecule has 0 fully saturated rings. The number of carbonyl (C=O) groups excluding carboxylic acids is 1. The number of fused-ring (bicyclic) bond motifs is 1. The van der Waals surface area contributed by atoms with E-state index in [2.05, 4.69) is 4.98 Å². The summed E-state index contributed by atoms with van der Waals surface area (Å²) in [6.07, 6.45) is 0. The Balaban J connectivity index is 1.99. The smallest absolute Gasteiger partial charge is 0.262 e. The number of aromatic nitrogens is 2. The van der Waals surface area contributed by atoms with Crippen LogP contribution in [0.3, 0.4) is 0 Å². The van der Waals surface area contributed by atoms with E-state index in [9.17, 15) is 9.59 Å². The maximum atomic E-state index is 12.9. The number of thioether (sulfide) groups is 1. The predicted octanol–water partition coefficient (Wildman–Crippen LogP) is 3.55. The molecule has 0 radical (unpaired) electrons. The molecular weight excluding hydrogens is 376 g/mol. The first-order chi connectivity index (χ1) is 13.5. The first kappa shape index (κ1) is 20.1. The van der Waals surface area contributed by atoms with E-state index in [0.717, 1.165) is 5.56 Å². The van der Waals surface area contributed by atoms with Gasteiger partial charge in [-0.3, -0.25) is 14.2 Å². The highest BCUT2D eigenvalue weighted by molar-refractivity contribution is 7.98. The summed E-state index contributed by atoms with van der Waals surface area (Å²) >= 11 is 1.43. The van der Waals surface area contributed by atoms with Crippen molar-refractivity contribution in [1.29, 1.82) is 0 Å². The lowest BCUT2D eigenvalue weighted by Gasteiger charge is -2.14. The van der Waals surface area contributed by atoms with Crippen molar-refractivity contribution in [3.8, 4) is 5.75 Å². The number of ketones is 1. The molecule has 0 unspecified atom stereocenters. The van der Waals surface area contributed by atoms with E-state index in [4.69, 9.17) is 9.47 Å². The molecule has 0 aliphatic rings. The Kier molecular flexibility index (Phi) is 6.49. The second-order valence-corrected chi connectivity index (χ2v) is 7.18. The molecule has 0 N–H and O–H groups in total. The maximum absolute atomic E-state index is 12.9. The summed E-state index contributed by atoms with van der Waals surface area (Å²) in [6, 6.07) is 12.7. The largest absolute Gasteiger partial charge is 0.496 e. The summed E-state index contributed by atoms with van der Waals surface area (Å²) in [5.74, 6) is 1.21. The summed E-state index contributed by atoms with van der Waals surface area (Å²) in [5, 5.41) is 1.19. The summed E-state index contributed by atoms with van der Waals surface area (Å²) < 4.78 is 12.2. The highest BCUT2D eigenvalue weighted by Gasteiger charge is 2.14. The van der Waals surface area contributed by atoms with Crippen molar-refractivity contribution >= 4 is 28.4 Å². The number of nitrogens with zero attached hydrogens (tertiary/aromatic N) is 2. The van der Waals surface area contributed by atoms with Gasteiger partial charge in [-0.2, -0.15) is 0 Å². The molecule has 0 aliphatic carbocycles. The van der Waals surface area contributed by atoms with Gasteiger partial charge in [0.2, 0.25) is 0 Å². The molecule has 2 aromatic carbocycles. The van der Waals surface area contributed by atoms with Crippen molar-refractivity contribution in [2.24, 2.45) is 0 Å². The molecule has 1 heterocycles. The number of hydrogen-bond acceptors (Lipinski definition) is 6. The van der Waals surface area contributed by atoms with Crippen LogP contribution in [0.2, 0.25) is 0 Å². The highest BCUT2D eigenvalue weighted by atomic mass is 32.2. The molecule has 7 heteroatoms. The predicted molar refractivity (Wildman–Crippen MR) is 110 cm³/mol. The number of benzene rings is 2. The zero-order chi connectivity index (χ0) is 20.1. The summed E-state index contributed by atoms with van der Waals surface area (Å²) in [5.41, 5.74) is 2.07. The number of para-hydroxylation sites is 1. The Morgan fingerprint density at radius 3 is 2.68 bits per heavy atom. The third kappa shape index (κ3) is 4.26. The molecule has 0 atom stereocenters. The number of hydrogen-bond donors (Lipinski definition) is 0. The van der Waals surface area contributed by atoms with Crippen LogP contribution in [0.25, 0.3) is 10.9 Å². The summed E-state index contributed by atoms with van der Waals surface area (Å²) in [7, 11) is 3.20. The lowest BCUT2D eigenvalue weighted by Crippen LogP contribution is -2.25. The van der Waals surface area contributed by atoms with E-state index in [0.29, 0.717) is 46.3 Å². The van der Waals surface area contributed by atoms with E-state index >= 15 is 0 Å². The molecule has 0 saturated carbocycles. The molecular formula is C21H22N2O4S. The van der Waals surface area contributed by atoms with Crippen LogP contribution in [0, 0.1) is 0 Å². The molecule has 6 nitrogen and oxygen atoms in total. The van der Waals surface area contributed by atoms with Crippen LogP contribution in [0.5, 0.6) is 5.75 Å². The fraction of sp³-hybridized carbons (Fsp3) is 0.286. The molecule has 3 rings (SSSR count). The third-order valence-corrected chi connectivity index (χ3v) is 5.41. The SMILES string of the molecule is COCCn1c(SCc2cc(C(C)=O)ccc2OC)nc2ccccc2c1=O. The number of carbonyl (C=O) groups is 1. The van der Waals surface area contributed by atoms with Crippen LogP contribution in [-0.2, 0) is 17.0 Å². The van der Waals surface area contributed by atoms with Gasteiger partial charge in [-0.1, -0.05) is 23.9 Å². The molecule has 1 aromatic heterocycles. The minimum atomic E-state index is -0.0883. The molecule has 0 amide bonds. The normalized spacial score (nSPS) is 11.0. The van der Waals surface area contributed by atoms with Gasteiger partial charge in [0.05, 0.1) is 31.2 Å². The van der Waals surface area contributed by atoms with Gasteiger partial charge in [0, 0.05) is 24.0 Å². The summed E-state index contributed by atoms with van der Waals surface area (Å²) in [6.45, 7) is 2.36. The second-order valence-electron chi connectivity index (χ2n) is 6.23. The van der Waals surface area contributed by atoms with Gasteiger partial charge in [0.15, 0.2) is 10.9 Å². The molecule has 0 aliphatic heterocycles. The van der Waals surface area contributed by atoms with Crippen molar-refractivity contribution in [3.63, 3.8) is 0 Å². The van der Waals surface area contributed by atoms with Gasteiger partial charge in [0.25, 0.3) is 5.56 Å². The quantitative estimate of drug-likeness (QED) is 0.328. The van der Waals surface area contributed by atoms with Crippen molar-refractivity contribution in [3.05, 3.63) is 63.9 Å². The minimum Gasteiger partial charge on any atom is -0.496 e. The molecule has 0 saturated heterocycles. The lowest BCUT2D eigenvalue weighted by atomic mass is 10.1. The van der Waals surface area contributed by atoms with Crippen LogP contribution < -0.4 is 10.3 Å². The van der Waals surface area contributed by atoms with Gasteiger partial charge in [-0.05, 0) is 37.3 Å². The van der Waals surface area contributed by atoms with Crippen LogP contribution in [0.15, 0.2) is 52.4 Å². The maximum Gasteiger partial charge on any atom is 0.262 e. The zero-order valence-corrected chi connectivity index (χ0v) is 16.9. The minimum absolute atomic E-state index is 0.00487. The van der Waals surface area contributed by atoms with Gasteiger partial charge in [-0.25, -0.2) is 4.98 Å². The van der Waals surface area contributed by atoms with Crippen LogP contribution >= 0.6 is 11.8 Å². The average Bonchev–Trinajstić information content (AvgIpc) is 2.71. The van der Waals surface area contributed by atoms with E-state index < -0.39 is 0 Å². The fourth-order valence-electron chi connectivity index (χ4n) is 2.89. The Hall–Kier alpha value is -2.64. The van der Waals surface area contributed by atoms with Gasteiger partial charge >= 0.3 is 0 Å². The lowest BCUT2D eigenvalue weighted by molar-refractivity contribution is 0.101. The Labute approximate surface area is 167 Å². The van der Waals surface area contributed by atoms with Crippen molar-refractivity contribution in [2.75, 3.05) is 20.8 Å². The van der Waals surface area contributed by atoms with Gasteiger partial charge < -0.3 is 9.47 Å². The summed E-state index contributed by atoms with van der Waals surface area (Å²) in [4.78, 5) is 29.3. The third-order valence-electron chi connectivity index (χ3n) is 4.39. The van der Waals surface area contributed by atoms with Crippen LogP contribution in [0.4, 0.5) is 0 Å². The van der Waals surface area contributed by atoms with E-state index in [1.54, 1.807) is 37.0 Å². The van der Waals surface area contributed by atoms with E-state index in [-0.39, 0.29) is 11.3 Å². The molecule has 3 aromatic rings. The van der Waals surface area contributed by atoms with Crippen molar-refractivity contribution in [2.45, 2.75) is 24.4 Å². The average molecular weight is 398 g/mol. The highest BCUT2D eigenvalue weighted by Crippen LogP contribution is 2.28. The van der Waals surface area contributed by atoms with Crippen molar-refractivity contribution < 1.29 is 14.3 Å². The molecule has 0 bridgehead atoms. The second kappa shape index (κ2) is 9.03. The first-order valence-electron chi connectivity index (χ1n) is 8.84. The van der Waals surface area contributed by atoms with Gasteiger partial charge in [0.1, 0.15) is 5.75 Å². The Morgan fingerprint density at radius 1 is 1.18 bits per heavy atom. The van der Waals surface area contributed by atoms with E-state index in [1.807, 2.05) is 24.3 Å². The number of ether oxygens (including phenoxy) is 2. The zero-order valence-electron chi connectivity index (χ0n) is 16.1. The Morgan fingerprint density at radius 2 is 1.96 bits per heavy atom. The fourth-order valence-corrected chi connectivity index (χ4v) is 3.89. The van der Waals surface area contributed by atoms with Crippen LogP contribution in [0.1, 0.15) is 22.8 Å². The standard InChI is InChI=1S/C21H22N2O4S/c1-14(24)15-8-9-19(27-3)16(12-15)13-28-21-22-18-7-5-4-6-17(18)20(25)23(21)10-11-26-2/h4-9,12H,10-11,13H2,1-3H3. The molecule has 146 valence electrons. The van der Waals surface area contributed by atoms with Crippen LogP contribution in [-0.4, -0.2) is 36.2 Å². The van der Waals surface area contributed by atoms with Gasteiger partial charge in [-0.15, -0.1) is 0 Å². The monoisotopic (exact) mass is 398 g/mol. The Bertz CT molecular complexity index is 1060.